The fourth-order valence-corrected chi connectivity index (χ4v) is 1.40. The zero-order valence-electron chi connectivity index (χ0n) is 9.43. The summed E-state index contributed by atoms with van der Waals surface area (Å²) < 4.78 is 0. The SMILES string of the molecule is C=CCCC(=O)NC(C(=O)O)c1ccccc1. The number of rotatable bonds is 6. The Morgan fingerprint density at radius 2 is 2.00 bits per heavy atom. The smallest absolute Gasteiger partial charge is 0.330 e. The molecular weight excluding hydrogens is 218 g/mol. The molecule has 0 aliphatic heterocycles. The van der Waals surface area contributed by atoms with E-state index in [1.807, 2.05) is 0 Å². The fourth-order valence-electron chi connectivity index (χ4n) is 1.40. The minimum atomic E-state index is -1.07. The van der Waals surface area contributed by atoms with Crippen LogP contribution < -0.4 is 5.32 Å². The third-order valence-electron chi connectivity index (χ3n) is 2.26. The van der Waals surface area contributed by atoms with Crippen molar-refractivity contribution in [2.24, 2.45) is 0 Å². The van der Waals surface area contributed by atoms with Crippen molar-refractivity contribution in [2.75, 3.05) is 0 Å². The van der Waals surface area contributed by atoms with Gasteiger partial charge in [-0.15, -0.1) is 6.58 Å². The van der Waals surface area contributed by atoms with Gasteiger partial charge in [-0.05, 0) is 12.0 Å². The minimum absolute atomic E-state index is 0.250. The van der Waals surface area contributed by atoms with E-state index in [1.54, 1.807) is 36.4 Å². The van der Waals surface area contributed by atoms with Gasteiger partial charge in [0.1, 0.15) is 0 Å². The number of amides is 1. The lowest BCUT2D eigenvalue weighted by molar-refractivity contribution is -0.142. The predicted octanol–water partition coefficient (Wildman–Crippen LogP) is 1.89. The van der Waals surface area contributed by atoms with Gasteiger partial charge in [0.15, 0.2) is 6.04 Å². The van der Waals surface area contributed by atoms with E-state index in [0.29, 0.717) is 12.0 Å². The van der Waals surface area contributed by atoms with Crippen molar-refractivity contribution in [2.45, 2.75) is 18.9 Å². The molecule has 1 atom stereocenters. The molecule has 90 valence electrons. The molecule has 0 bridgehead atoms. The number of benzene rings is 1. The standard InChI is InChI=1S/C13H15NO3/c1-2-3-9-11(15)14-12(13(16)17)10-7-5-4-6-8-10/h2,4-8,12H,1,3,9H2,(H,14,15)(H,16,17). The molecule has 0 fully saturated rings. The third kappa shape index (κ3) is 4.10. The molecule has 0 aliphatic carbocycles. The van der Waals surface area contributed by atoms with E-state index >= 15 is 0 Å². The summed E-state index contributed by atoms with van der Waals surface area (Å²) in [5.41, 5.74) is 0.562. The Labute approximate surface area is 100.0 Å². The van der Waals surface area contributed by atoms with Crippen molar-refractivity contribution in [3.8, 4) is 0 Å². The van der Waals surface area contributed by atoms with Crippen LogP contribution in [0.4, 0.5) is 0 Å². The molecule has 0 spiro atoms. The van der Waals surface area contributed by atoms with Crippen LogP contribution in [0.2, 0.25) is 0 Å². The lowest BCUT2D eigenvalue weighted by Crippen LogP contribution is -2.33. The maximum Gasteiger partial charge on any atom is 0.330 e. The molecule has 1 aromatic rings. The Kier molecular flexibility index (Phi) is 4.94. The van der Waals surface area contributed by atoms with Gasteiger partial charge in [0, 0.05) is 6.42 Å². The van der Waals surface area contributed by atoms with Crippen LogP contribution in [-0.4, -0.2) is 17.0 Å². The number of aliphatic carboxylic acids is 1. The molecule has 0 radical (unpaired) electrons. The van der Waals surface area contributed by atoms with Crippen molar-refractivity contribution in [1.82, 2.24) is 5.32 Å². The maximum absolute atomic E-state index is 11.5. The summed E-state index contributed by atoms with van der Waals surface area (Å²) in [4.78, 5) is 22.5. The van der Waals surface area contributed by atoms with Crippen LogP contribution >= 0.6 is 0 Å². The van der Waals surface area contributed by atoms with Crippen molar-refractivity contribution < 1.29 is 14.7 Å². The zero-order chi connectivity index (χ0) is 12.7. The van der Waals surface area contributed by atoms with Crippen LogP contribution in [0.1, 0.15) is 24.4 Å². The fraction of sp³-hybridized carbons (Fsp3) is 0.231. The molecule has 0 aromatic heterocycles. The van der Waals surface area contributed by atoms with Gasteiger partial charge in [-0.3, -0.25) is 4.79 Å². The first kappa shape index (κ1) is 13.0. The van der Waals surface area contributed by atoms with E-state index in [4.69, 9.17) is 5.11 Å². The Balaban J connectivity index is 2.71. The second-order valence-corrected chi connectivity index (χ2v) is 3.58. The van der Waals surface area contributed by atoms with E-state index in [9.17, 15) is 9.59 Å². The molecule has 0 heterocycles. The van der Waals surface area contributed by atoms with Gasteiger partial charge >= 0.3 is 5.97 Å². The first-order valence-electron chi connectivity index (χ1n) is 5.33. The molecule has 0 saturated carbocycles. The first-order valence-corrected chi connectivity index (χ1v) is 5.33. The molecule has 0 saturated heterocycles. The van der Waals surface area contributed by atoms with E-state index in [-0.39, 0.29) is 12.3 Å². The maximum atomic E-state index is 11.5. The van der Waals surface area contributed by atoms with Crippen LogP contribution in [0.5, 0.6) is 0 Å². The summed E-state index contributed by atoms with van der Waals surface area (Å²) in [6, 6.07) is 7.62. The van der Waals surface area contributed by atoms with Gasteiger partial charge < -0.3 is 10.4 Å². The molecule has 1 aromatic carbocycles. The Hall–Kier alpha value is -2.10. The number of carbonyl (C=O) groups is 2. The van der Waals surface area contributed by atoms with Crippen LogP contribution in [0.25, 0.3) is 0 Å². The lowest BCUT2D eigenvalue weighted by Gasteiger charge is -2.14. The van der Waals surface area contributed by atoms with Gasteiger partial charge in [-0.1, -0.05) is 36.4 Å². The van der Waals surface area contributed by atoms with Gasteiger partial charge in [-0.2, -0.15) is 0 Å². The summed E-state index contributed by atoms with van der Waals surface area (Å²) in [6.07, 6.45) is 2.41. The van der Waals surface area contributed by atoms with E-state index in [0.717, 1.165) is 0 Å². The van der Waals surface area contributed by atoms with Crippen LogP contribution in [0.15, 0.2) is 43.0 Å². The molecule has 2 N–H and O–H groups in total. The molecule has 17 heavy (non-hydrogen) atoms. The molecule has 1 amide bonds. The van der Waals surface area contributed by atoms with Crippen molar-refractivity contribution in [3.05, 3.63) is 48.6 Å². The Morgan fingerprint density at radius 1 is 1.35 bits per heavy atom. The monoisotopic (exact) mass is 233 g/mol. The van der Waals surface area contributed by atoms with Crippen molar-refractivity contribution >= 4 is 11.9 Å². The summed E-state index contributed by atoms with van der Waals surface area (Å²) in [5.74, 6) is -1.36. The van der Waals surface area contributed by atoms with Gasteiger partial charge in [0.2, 0.25) is 5.91 Å². The number of nitrogens with one attached hydrogen (secondary N) is 1. The second-order valence-electron chi connectivity index (χ2n) is 3.58. The molecular formula is C13H15NO3. The van der Waals surface area contributed by atoms with Crippen LogP contribution in [-0.2, 0) is 9.59 Å². The number of hydrogen-bond donors (Lipinski definition) is 2. The average Bonchev–Trinajstić information content (AvgIpc) is 2.34. The predicted molar refractivity (Wildman–Crippen MR) is 64.4 cm³/mol. The van der Waals surface area contributed by atoms with Crippen molar-refractivity contribution in [1.29, 1.82) is 0 Å². The lowest BCUT2D eigenvalue weighted by atomic mass is 10.1. The molecule has 0 aliphatic rings. The summed E-state index contributed by atoms with van der Waals surface area (Å²) >= 11 is 0. The van der Waals surface area contributed by atoms with Crippen LogP contribution in [0, 0.1) is 0 Å². The Morgan fingerprint density at radius 3 is 2.53 bits per heavy atom. The Bertz CT molecular complexity index is 400. The quantitative estimate of drug-likeness (QED) is 0.737. The summed E-state index contributed by atoms with van der Waals surface area (Å²) in [5, 5.41) is 11.5. The largest absolute Gasteiger partial charge is 0.479 e. The summed E-state index contributed by atoms with van der Waals surface area (Å²) in [7, 11) is 0. The van der Waals surface area contributed by atoms with Gasteiger partial charge in [-0.25, -0.2) is 4.79 Å². The van der Waals surface area contributed by atoms with Gasteiger partial charge in [0.25, 0.3) is 0 Å². The number of carboxylic acids is 1. The number of carboxylic acid groups (broad SMARTS) is 1. The number of allylic oxidation sites excluding steroid dienone is 1. The highest BCUT2D eigenvalue weighted by molar-refractivity contribution is 5.84. The average molecular weight is 233 g/mol. The first-order chi connectivity index (χ1) is 8.15. The van der Waals surface area contributed by atoms with Crippen molar-refractivity contribution in [3.63, 3.8) is 0 Å². The highest BCUT2D eigenvalue weighted by Gasteiger charge is 2.21. The molecule has 4 heteroatoms. The number of carbonyl (C=O) groups excluding carboxylic acids is 1. The minimum Gasteiger partial charge on any atom is -0.479 e. The highest BCUT2D eigenvalue weighted by atomic mass is 16.4. The highest BCUT2D eigenvalue weighted by Crippen LogP contribution is 2.12. The zero-order valence-corrected chi connectivity index (χ0v) is 9.43. The van der Waals surface area contributed by atoms with E-state index in [2.05, 4.69) is 11.9 Å². The third-order valence-corrected chi connectivity index (χ3v) is 2.26. The number of hydrogen-bond acceptors (Lipinski definition) is 2. The summed E-state index contributed by atoms with van der Waals surface area (Å²) in [6.45, 7) is 3.51. The van der Waals surface area contributed by atoms with Crippen LogP contribution in [0.3, 0.4) is 0 Å². The topological polar surface area (TPSA) is 66.4 Å². The van der Waals surface area contributed by atoms with E-state index in [1.165, 1.54) is 0 Å². The molecule has 1 rings (SSSR count). The molecule has 4 nitrogen and oxygen atoms in total. The molecule has 1 unspecified atom stereocenters. The van der Waals surface area contributed by atoms with Gasteiger partial charge in [0.05, 0.1) is 0 Å². The normalized spacial score (nSPS) is 11.5. The van der Waals surface area contributed by atoms with E-state index < -0.39 is 12.0 Å². The second kappa shape index (κ2) is 6.48.